The summed E-state index contributed by atoms with van der Waals surface area (Å²) < 4.78 is 80.9. The van der Waals surface area contributed by atoms with Crippen LogP contribution in [-0.2, 0) is 30.1 Å². The molecule has 2 heterocycles. The van der Waals surface area contributed by atoms with Gasteiger partial charge in [0.05, 0.1) is 16.4 Å². The minimum Gasteiger partial charge on any atom is -0.343 e. The molecule has 1 N–H and O–H groups in total. The quantitative estimate of drug-likeness (QED) is 0.502. The third-order valence-corrected chi connectivity index (χ3v) is 6.11. The first kappa shape index (κ1) is 22.3. The van der Waals surface area contributed by atoms with E-state index in [1.165, 1.54) is 4.57 Å². The van der Waals surface area contributed by atoms with E-state index in [1.807, 2.05) is 0 Å². The van der Waals surface area contributed by atoms with Crippen molar-refractivity contribution < 1.29 is 35.9 Å². The highest BCUT2D eigenvalue weighted by Crippen LogP contribution is 2.38. The second-order valence-corrected chi connectivity index (χ2v) is 8.43. The van der Waals surface area contributed by atoms with Crippen LogP contribution in [0, 0.1) is 0 Å². The fourth-order valence-electron chi connectivity index (χ4n) is 3.68. The van der Waals surface area contributed by atoms with E-state index in [-0.39, 0.29) is 24.6 Å². The van der Waals surface area contributed by atoms with Gasteiger partial charge in [0.15, 0.2) is 0 Å². The van der Waals surface area contributed by atoms with Crippen molar-refractivity contribution in [2.45, 2.75) is 30.6 Å². The van der Waals surface area contributed by atoms with Gasteiger partial charge in [-0.1, -0.05) is 36.0 Å². The fourth-order valence-corrected chi connectivity index (χ4v) is 4.53. The van der Waals surface area contributed by atoms with Crippen LogP contribution in [0.1, 0.15) is 22.3 Å². The summed E-state index contributed by atoms with van der Waals surface area (Å²) in [6.07, 6.45) is -8.13. The highest BCUT2D eigenvalue weighted by Gasteiger charge is 2.38. The molecule has 3 aromatic rings. The Morgan fingerprint density at radius 1 is 0.938 bits per heavy atom. The Kier molecular flexibility index (Phi) is 5.48. The van der Waals surface area contributed by atoms with E-state index in [2.05, 4.69) is 5.32 Å². The van der Waals surface area contributed by atoms with Crippen LogP contribution in [0.5, 0.6) is 0 Å². The van der Waals surface area contributed by atoms with Crippen molar-refractivity contribution in [2.75, 3.05) is 0 Å². The second-order valence-electron chi connectivity index (χ2n) is 7.25. The van der Waals surface area contributed by atoms with Gasteiger partial charge in [-0.05, 0) is 35.7 Å². The van der Waals surface area contributed by atoms with Gasteiger partial charge in [0.2, 0.25) is 5.91 Å². The van der Waals surface area contributed by atoms with Crippen LogP contribution in [0.15, 0.2) is 48.7 Å². The molecule has 1 unspecified atom stereocenters. The average molecular weight is 472 g/mol. The smallest absolute Gasteiger partial charge is 0.343 e. The van der Waals surface area contributed by atoms with E-state index in [1.54, 1.807) is 30.5 Å². The number of hydrogen-bond acceptors (Lipinski definition) is 3. The van der Waals surface area contributed by atoms with E-state index in [0.717, 1.165) is 17.8 Å². The monoisotopic (exact) mass is 472 g/mol. The van der Waals surface area contributed by atoms with Gasteiger partial charge in [-0.2, -0.15) is 26.3 Å². The highest BCUT2D eigenvalue weighted by atomic mass is 32.2. The molecular formula is C21H14F6N2O2S. The molecule has 1 saturated heterocycles. The third kappa shape index (κ3) is 4.34. The van der Waals surface area contributed by atoms with Crippen molar-refractivity contribution >= 4 is 33.8 Å². The molecule has 2 aromatic carbocycles. The number of amides is 2. The van der Waals surface area contributed by atoms with E-state index in [9.17, 15) is 35.9 Å². The summed E-state index contributed by atoms with van der Waals surface area (Å²) in [6, 6.07) is 8.39. The number of rotatable bonds is 4. The number of nitrogens with one attached hydrogen (secondary N) is 1. The van der Waals surface area contributed by atoms with E-state index >= 15 is 0 Å². The number of benzene rings is 2. The molecule has 0 aliphatic carbocycles. The average Bonchev–Trinajstić information content (AvgIpc) is 3.20. The lowest BCUT2D eigenvalue weighted by Gasteiger charge is -2.17. The van der Waals surface area contributed by atoms with Crippen LogP contribution in [0.3, 0.4) is 0 Å². The molecule has 1 aliphatic rings. The van der Waals surface area contributed by atoms with Gasteiger partial charge < -0.3 is 4.57 Å². The summed E-state index contributed by atoms with van der Waals surface area (Å²) in [6.45, 7) is -0.323. The molecule has 1 fully saturated rings. The predicted molar refractivity (Wildman–Crippen MR) is 106 cm³/mol. The maximum Gasteiger partial charge on any atom is 0.416 e. The maximum absolute atomic E-state index is 13.5. The largest absolute Gasteiger partial charge is 0.416 e. The number of para-hydroxylation sites is 1. The topological polar surface area (TPSA) is 51.1 Å². The molecule has 32 heavy (non-hydrogen) atoms. The Hall–Kier alpha value is -2.95. The van der Waals surface area contributed by atoms with Gasteiger partial charge in [-0.15, -0.1) is 0 Å². The molecule has 1 atom stereocenters. The summed E-state index contributed by atoms with van der Waals surface area (Å²) >= 11 is 0.836. The number of carbonyl (C=O) groups excluding carboxylic acids is 2. The van der Waals surface area contributed by atoms with Crippen LogP contribution in [0.4, 0.5) is 31.1 Å². The van der Waals surface area contributed by atoms with Crippen LogP contribution in [0.25, 0.3) is 10.9 Å². The zero-order valence-corrected chi connectivity index (χ0v) is 16.9. The van der Waals surface area contributed by atoms with Crippen LogP contribution >= 0.6 is 11.8 Å². The lowest BCUT2D eigenvalue weighted by molar-refractivity contribution is -0.143. The maximum atomic E-state index is 13.5. The number of imide groups is 1. The second kappa shape index (κ2) is 7.88. The molecule has 0 saturated carbocycles. The van der Waals surface area contributed by atoms with Crippen molar-refractivity contribution in [3.8, 4) is 0 Å². The standard InChI is InChI=1S/C21H14F6N2O2S/c22-20(23,24)13-6-5-11(15(8-13)21(25,26)27)9-29-10-12(14-3-1-2-4-16(14)29)7-17-18(30)28-19(31)32-17/h1-6,8,10,17H,7,9H2,(H,28,30,31). The number of fused-ring (bicyclic) bond motifs is 1. The predicted octanol–water partition coefficient (Wildman–Crippen LogP) is 5.62. The zero-order valence-electron chi connectivity index (χ0n) is 16.1. The Balaban J connectivity index is 1.74. The van der Waals surface area contributed by atoms with Crippen molar-refractivity contribution in [1.82, 2.24) is 9.88 Å². The third-order valence-electron chi connectivity index (χ3n) is 5.13. The lowest BCUT2D eigenvalue weighted by Crippen LogP contribution is -2.25. The molecule has 1 aromatic heterocycles. The molecule has 0 radical (unpaired) electrons. The highest BCUT2D eigenvalue weighted by molar-refractivity contribution is 8.15. The molecular weight excluding hydrogens is 458 g/mol. The van der Waals surface area contributed by atoms with E-state index < -0.39 is 39.9 Å². The van der Waals surface area contributed by atoms with Gasteiger partial charge in [-0.25, -0.2) is 0 Å². The Bertz CT molecular complexity index is 1220. The lowest BCUT2D eigenvalue weighted by atomic mass is 10.0. The number of aromatic nitrogens is 1. The van der Waals surface area contributed by atoms with Crippen molar-refractivity contribution in [2.24, 2.45) is 0 Å². The first-order chi connectivity index (χ1) is 14.9. The molecule has 11 heteroatoms. The number of halogens is 6. The fraction of sp³-hybridized carbons (Fsp3) is 0.238. The Labute approximate surface area is 181 Å². The molecule has 0 spiro atoms. The Morgan fingerprint density at radius 2 is 1.66 bits per heavy atom. The Morgan fingerprint density at radius 3 is 2.28 bits per heavy atom. The number of carbonyl (C=O) groups is 2. The van der Waals surface area contributed by atoms with E-state index in [0.29, 0.717) is 22.5 Å². The molecule has 168 valence electrons. The molecule has 4 nitrogen and oxygen atoms in total. The summed E-state index contributed by atoms with van der Waals surface area (Å²) in [4.78, 5) is 23.3. The van der Waals surface area contributed by atoms with Crippen LogP contribution in [0.2, 0.25) is 0 Å². The molecule has 2 amide bonds. The molecule has 0 bridgehead atoms. The van der Waals surface area contributed by atoms with Crippen molar-refractivity contribution in [3.63, 3.8) is 0 Å². The van der Waals surface area contributed by atoms with Gasteiger partial charge in [0, 0.05) is 23.6 Å². The SMILES string of the molecule is O=C1NC(=O)C(Cc2cn(Cc3ccc(C(F)(F)F)cc3C(F)(F)F)c3ccccc23)S1. The van der Waals surface area contributed by atoms with Gasteiger partial charge >= 0.3 is 12.4 Å². The number of alkyl halides is 6. The summed E-state index contributed by atoms with van der Waals surface area (Å²) in [7, 11) is 0. The van der Waals surface area contributed by atoms with Gasteiger partial charge in [0.25, 0.3) is 5.24 Å². The van der Waals surface area contributed by atoms with Crippen molar-refractivity contribution in [3.05, 3.63) is 70.9 Å². The summed E-state index contributed by atoms with van der Waals surface area (Å²) in [5.74, 6) is -0.445. The summed E-state index contributed by atoms with van der Waals surface area (Å²) in [5, 5.41) is 1.73. The van der Waals surface area contributed by atoms with Gasteiger partial charge in [0.1, 0.15) is 0 Å². The number of nitrogens with zero attached hydrogens (tertiary/aromatic N) is 1. The summed E-state index contributed by atoms with van der Waals surface area (Å²) in [5.41, 5.74) is -1.85. The van der Waals surface area contributed by atoms with Crippen LogP contribution < -0.4 is 5.32 Å². The minimum absolute atomic E-state index is 0.118. The normalized spacial score (nSPS) is 17.2. The minimum atomic E-state index is -4.97. The van der Waals surface area contributed by atoms with Gasteiger partial charge in [-0.3, -0.25) is 14.9 Å². The first-order valence-electron chi connectivity index (χ1n) is 9.29. The number of thioether (sulfide) groups is 1. The molecule has 4 rings (SSSR count). The van der Waals surface area contributed by atoms with Crippen LogP contribution in [-0.4, -0.2) is 21.0 Å². The number of hydrogen-bond donors (Lipinski definition) is 1. The van der Waals surface area contributed by atoms with E-state index in [4.69, 9.17) is 0 Å². The molecule has 1 aliphatic heterocycles. The first-order valence-corrected chi connectivity index (χ1v) is 10.2. The van der Waals surface area contributed by atoms with Crippen molar-refractivity contribution in [1.29, 1.82) is 0 Å². The zero-order chi connectivity index (χ0) is 23.3.